The molecule has 0 saturated heterocycles. The number of aliphatic imine (C=N–C) groups is 1. The third-order valence-corrected chi connectivity index (χ3v) is 9.28. The molecule has 226 valence electrons. The Morgan fingerprint density at radius 1 is 0.689 bits per heavy atom. The van der Waals surface area contributed by atoms with Crippen molar-refractivity contribution < 1.29 is 0 Å². The quantitative estimate of drug-likeness (QED) is 0.130. The number of nitrogens with zero attached hydrogens (tertiary/aromatic N) is 2. The van der Waals surface area contributed by atoms with Crippen molar-refractivity contribution in [2.24, 2.45) is 4.99 Å². The lowest BCUT2D eigenvalue weighted by molar-refractivity contribution is 0.674. The Balaban J connectivity index is 0.00000175. The molecule has 0 unspecified atom stereocenters. The van der Waals surface area contributed by atoms with E-state index in [1.807, 2.05) is 13.8 Å². The summed E-state index contributed by atoms with van der Waals surface area (Å²) in [5.74, 6) is 0. The first kappa shape index (κ1) is 30.3. The maximum absolute atomic E-state index is 4.53. The van der Waals surface area contributed by atoms with Gasteiger partial charge in [0.1, 0.15) is 0 Å². The number of para-hydroxylation sites is 1. The minimum absolute atomic E-state index is 0.964. The number of allylic oxidation sites excluding steroid dienone is 2. The van der Waals surface area contributed by atoms with E-state index in [0.29, 0.717) is 0 Å². The third kappa shape index (κ3) is 5.90. The van der Waals surface area contributed by atoms with Crippen LogP contribution in [0.2, 0.25) is 0 Å². The monoisotopic (exact) mass is 588 g/mol. The molecule has 1 aromatic heterocycles. The van der Waals surface area contributed by atoms with Crippen molar-refractivity contribution >= 4 is 34.2 Å². The maximum Gasteiger partial charge on any atom is 0.0675 e. The molecule has 0 aliphatic heterocycles. The molecule has 0 spiro atoms. The van der Waals surface area contributed by atoms with Gasteiger partial charge in [-0.15, -0.1) is 0 Å². The van der Waals surface area contributed by atoms with Crippen LogP contribution in [-0.2, 0) is 6.42 Å². The smallest absolute Gasteiger partial charge is 0.0675 e. The summed E-state index contributed by atoms with van der Waals surface area (Å²) in [7, 11) is 0. The summed E-state index contributed by atoms with van der Waals surface area (Å²) in [6.45, 7) is 12.4. The van der Waals surface area contributed by atoms with E-state index in [9.17, 15) is 0 Å². The standard InChI is InChI=1S/C41H38N2.C2H6/c1-28-12-7-8-17-34(28)38-27-32(22-20-29(38)2)31-15-11-16-33(26-31)43-40-19-10-9-18-35(40)36-24-25-39(42-3)37(41(36)43)23-21-30-13-5-4-6-14-30;1-2/h7-13,15-20,22,24-27H,3-6,14,21,23H2,1-2H3;1-2H3. The summed E-state index contributed by atoms with van der Waals surface area (Å²) in [4.78, 5) is 4.53. The van der Waals surface area contributed by atoms with Crippen LogP contribution in [0.4, 0.5) is 5.69 Å². The molecule has 0 fully saturated rings. The lowest BCUT2D eigenvalue weighted by Gasteiger charge is -2.17. The predicted molar refractivity (Wildman–Crippen MR) is 197 cm³/mol. The number of aromatic nitrogens is 1. The van der Waals surface area contributed by atoms with Crippen LogP contribution in [0.25, 0.3) is 49.7 Å². The first-order chi connectivity index (χ1) is 22.1. The van der Waals surface area contributed by atoms with Gasteiger partial charge in [-0.25, -0.2) is 0 Å². The van der Waals surface area contributed by atoms with Crippen molar-refractivity contribution in [3.05, 3.63) is 131 Å². The van der Waals surface area contributed by atoms with Crippen molar-refractivity contribution in [1.82, 2.24) is 4.57 Å². The average molecular weight is 589 g/mol. The van der Waals surface area contributed by atoms with Gasteiger partial charge in [0, 0.05) is 22.0 Å². The highest BCUT2D eigenvalue weighted by atomic mass is 15.0. The Morgan fingerprint density at radius 3 is 2.27 bits per heavy atom. The summed E-state index contributed by atoms with van der Waals surface area (Å²) in [5.41, 5.74) is 15.1. The van der Waals surface area contributed by atoms with Gasteiger partial charge in [-0.3, -0.25) is 4.99 Å². The molecule has 1 aliphatic carbocycles. The van der Waals surface area contributed by atoms with Crippen LogP contribution >= 0.6 is 0 Å². The van der Waals surface area contributed by atoms with Crippen molar-refractivity contribution in [3.63, 3.8) is 0 Å². The second kappa shape index (κ2) is 13.5. The summed E-state index contributed by atoms with van der Waals surface area (Å²) < 4.78 is 2.46. The molecule has 45 heavy (non-hydrogen) atoms. The molecule has 7 rings (SSSR count). The summed E-state index contributed by atoms with van der Waals surface area (Å²) in [6, 6.07) is 37.7. The van der Waals surface area contributed by atoms with E-state index in [2.05, 4.69) is 139 Å². The number of aryl methyl sites for hydroxylation is 3. The van der Waals surface area contributed by atoms with Crippen LogP contribution in [-0.4, -0.2) is 11.3 Å². The second-order valence-electron chi connectivity index (χ2n) is 12.0. The van der Waals surface area contributed by atoms with Crippen LogP contribution in [0.5, 0.6) is 0 Å². The van der Waals surface area contributed by atoms with Crippen LogP contribution in [0.1, 0.15) is 62.6 Å². The molecule has 2 heteroatoms. The Labute approximate surface area is 268 Å². The Hall–Kier alpha value is -4.69. The third-order valence-electron chi connectivity index (χ3n) is 9.28. The van der Waals surface area contributed by atoms with Gasteiger partial charge in [0.15, 0.2) is 0 Å². The fraction of sp³-hybridized carbons (Fsp3) is 0.233. The number of benzene rings is 5. The van der Waals surface area contributed by atoms with Gasteiger partial charge in [-0.05, 0) is 123 Å². The maximum atomic E-state index is 4.53. The predicted octanol–water partition coefficient (Wildman–Crippen LogP) is 12.5. The van der Waals surface area contributed by atoms with Gasteiger partial charge < -0.3 is 4.57 Å². The SMILES string of the molecule is C=Nc1ccc2c3ccccc3n(-c3cccc(-c4ccc(C)c(-c5ccccc5C)c4)c3)c2c1CCC1=CCCCC1.CC. The average Bonchev–Trinajstić information content (AvgIpc) is 3.44. The van der Waals surface area contributed by atoms with E-state index in [1.165, 1.54) is 92.1 Å². The molecular weight excluding hydrogens is 544 g/mol. The van der Waals surface area contributed by atoms with Gasteiger partial charge in [-0.1, -0.05) is 98.3 Å². The van der Waals surface area contributed by atoms with Crippen molar-refractivity contribution in [2.45, 2.75) is 66.2 Å². The van der Waals surface area contributed by atoms with Crippen LogP contribution in [0.15, 0.2) is 120 Å². The molecule has 5 aromatic carbocycles. The molecular formula is C43H44N2. The molecule has 1 aliphatic rings. The number of rotatable bonds is 7. The van der Waals surface area contributed by atoms with Gasteiger partial charge in [0.25, 0.3) is 0 Å². The summed E-state index contributed by atoms with van der Waals surface area (Å²) in [6.07, 6.45) is 9.56. The topological polar surface area (TPSA) is 17.3 Å². The Morgan fingerprint density at radius 2 is 1.47 bits per heavy atom. The van der Waals surface area contributed by atoms with E-state index < -0.39 is 0 Å². The molecule has 0 bridgehead atoms. The highest BCUT2D eigenvalue weighted by molar-refractivity contribution is 6.11. The molecule has 6 aromatic rings. The van der Waals surface area contributed by atoms with Crippen LogP contribution in [0, 0.1) is 13.8 Å². The van der Waals surface area contributed by atoms with E-state index >= 15 is 0 Å². The first-order valence-electron chi connectivity index (χ1n) is 16.6. The van der Waals surface area contributed by atoms with Gasteiger partial charge >= 0.3 is 0 Å². The van der Waals surface area contributed by atoms with E-state index in [1.54, 1.807) is 5.57 Å². The molecule has 1 heterocycles. The summed E-state index contributed by atoms with van der Waals surface area (Å²) in [5, 5.41) is 2.55. The molecule has 0 atom stereocenters. The van der Waals surface area contributed by atoms with Gasteiger partial charge in [0.2, 0.25) is 0 Å². The number of hydrogen-bond acceptors (Lipinski definition) is 1. The molecule has 2 nitrogen and oxygen atoms in total. The molecule has 0 radical (unpaired) electrons. The number of hydrogen-bond donors (Lipinski definition) is 0. The lowest BCUT2D eigenvalue weighted by atomic mass is 9.92. The highest BCUT2D eigenvalue weighted by Crippen LogP contribution is 2.40. The largest absolute Gasteiger partial charge is 0.309 e. The number of fused-ring (bicyclic) bond motifs is 3. The van der Waals surface area contributed by atoms with Gasteiger partial charge in [-0.2, -0.15) is 0 Å². The van der Waals surface area contributed by atoms with E-state index in [4.69, 9.17) is 0 Å². The lowest BCUT2D eigenvalue weighted by Crippen LogP contribution is -2.00. The fourth-order valence-electron chi connectivity index (χ4n) is 6.99. The first-order valence-corrected chi connectivity index (χ1v) is 16.6. The van der Waals surface area contributed by atoms with Crippen LogP contribution < -0.4 is 0 Å². The normalized spacial score (nSPS) is 12.9. The summed E-state index contributed by atoms with van der Waals surface area (Å²) >= 11 is 0. The molecule has 0 saturated carbocycles. The zero-order valence-electron chi connectivity index (χ0n) is 27.2. The minimum Gasteiger partial charge on any atom is -0.309 e. The second-order valence-corrected chi connectivity index (χ2v) is 12.0. The molecule has 0 N–H and O–H groups in total. The fourth-order valence-corrected chi connectivity index (χ4v) is 6.99. The van der Waals surface area contributed by atoms with E-state index in [0.717, 1.165) is 18.5 Å². The van der Waals surface area contributed by atoms with Crippen molar-refractivity contribution in [2.75, 3.05) is 0 Å². The molecule has 0 amide bonds. The van der Waals surface area contributed by atoms with E-state index in [-0.39, 0.29) is 0 Å². The van der Waals surface area contributed by atoms with Crippen molar-refractivity contribution in [3.8, 4) is 27.9 Å². The van der Waals surface area contributed by atoms with Crippen molar-refractivity contribution in [1.29, 1.82) is 0 Å². The van der Waals surface area contributed by atoms with Crippen LogP contribution in [0.3, 0.4) is 0 Å². The zero-order chi connectivity index (χ0) is 31.3. The highest BCUT2D eigenvalue weighted by Gasteiger charge is 2.19. The minimum atomic E-state index is 0.964. The Bertz CT molecular complexity index is 2020. The Kier molecular flexibility index (Phi) is 9.12. The zero-order valence-corrected chi connectivity index (χ0v) is 27.2. The van der Waals surface area contributed by atoms with Gasteiger partial charge in [0.05, 0.1) is 16.7 Å².